The summed E-state index contributed by atoms with van der Waals surface area (Å²) in [5.41, 5.74) is -1.03. The first-order chi connectivity index (χ1) is 30.9. The van der Waals surface area contributed by atoms with Crippen LogP contribution < -0.4 is 0 Å². The lowest BCUT2D eigenvalue weighted by molar-refractivity contribution is -0.361. The molecule has 5 aliphatic carbocycles. The molecule has 0 unspecified atom stereocenters. The average Bonchev–Trinajstić information content (AvgIpc) is 3.28. The first kappa shape index (κ1) is 50.4. The Kier molecular flexibility index (Phi) is 13.7. The van der Waals surface area contributed by atoms with Crippen LogP contribution in [-0.4, -0.2) is 186 Å². The first-order valence-electron chi connectivity index (χ1n) is 23.6. The molecule has 19 nitrogen and oxygen atoms in total. The molecule has 0 amide bonds. The number of hydrogen-bond acceptors (Lipinski definition) is 19. The number of rotatable bonds is 9. The SMILES string of the molecule is CC1=CC[C@]2(C(=O)O[C@@H]3O[C@H](CO[C@@H]4O[C@H](CO)[C@@H](O[C@@H]5O[C@@H](C)[C@H](O)[C@@H](O)[C@H]5O)[C@H](O)[C@H]4O)[C@@H](O)[C@H](O)[C@H]3O)CC[C@]3(C)C(=CC[C@@H]4[C@@]5(C)C[C@@H](O)[C@H](O)[C@@](C)(C=O)[C@@H]5CC[C@]43C)[C@@H]2C1. The minimum atomic E-state index is -1.87. The van der Waals surface area contributed by atoms with E-state index in [0.717, 1.165) is 23.9 Å². The van der Waals surface area contributed by atoms with Crippen molar-refractivity contribution in [3.8, 4) is 0 Å². The van der Waals surface area contributed by atoms with Gasteiger partial charge in [0.05, 0.1) is 42.4 Å². The van der Waals surface area contributed by atoms with E-state index in [-0.39, 0.29) is 28.6 Å². The fourth-order valence-electron chi connectivity index (χ4n) is 14.3. The topological polar surface area (TPSA) is 312 Å². The molecule has 3 saturated carbocycles. The number of allylic oxidation sites excluding steroid dienone is 4. The number of carbonyl (C=O) groups is 2. The predicted octanol–water partition coefficient (Wildman–Crippen LogP) is -1.15. The molecule has 3 saturated heterocycles. The Bertz CT molecular complexity index is 1880. The molecule has 0 spiro atoms. The van der Waals surface area contributed by atoms with E-state index in [4.69, 9.17) is 28.4 Å². The number of aldehydes is 1. The summed E-state index contributed by atoms with van der Waals surface area (Å²) in [6, 6.07) is 0. The lowest BCUT2D eigenvalue weighted by Crippen LogP contribution is -2.67. The smallest absolute Gasteiger partial charge is 0.315 e. The van der Waals surface area contributed by atoms with Crippen LogP contribution >= 0.6 is 0 Å². The van der Waals surface area contributed by atoms with Gasteiger partial charge in [0.25, 0.3) is 0 Å². The molecule has 0 aromatic heterocycles. The molecule has 0 bridgehead atoms. The summed E-state index contributed by atoms with van der Waals surface area (Å²) < 4.78 is 34.5. The van der Waals surface area contributed by atoms with Crippen LogP contribution in [-0.2, 0) is 38.0 Å². The van der Waals surface area contributed by atoms with Crippen molar-refractivity contribution in [2.75, 3.05) is 13.2 Å². The zero-order chi connectivity index (χ0) is 48.2. The fraction of sp³-hybridized carbons (Fsp3) is 0.872. The van der Waals surface area contributed by atoms with Gasteiger partial charge in [0, 0.05) is 5.92 Å². The molecule has 3 heterocycles. The van der Waals surface area contributed by atoms with E-state index in [0.29, 0.717) is 44.9 Å². The van der Waals surface area contributed by atoms with Gasteiger partial charge in [-0.2, -0.15) is 0 Å². The maximum absolute atomic E-state index is 14.8. The van der Waals surface area contributed by atoms with Crippen LogP contribution in [0.3, 0.4) is 0 Å². The van der Waals surface area contributed by atoms with Gasteiger partial charge in [0.15, 0.2) is 12.6 Å². The van der Waals surface area contributed by atoms with Crippen molar-refractivity contribution < 1.29 is 94.2 Å². The summed E-state index contributed by atoms with van der Waals surface area (Å²) in [6.45, 7) is 10.6. The van der Waals surface area contributed by atoms with Crippen molar-refractivity contribution in [1.29, 1.82) is 0 Å². The van der Waals surface area contributed by atoms with Gasteiger partial charge in [-0.15, -0.1) is 0 Å². The van der Waals surface area contributed by atoms with Crippen molar-refractivity contribution in [2.45, 2.75) is 197 Å². The Hall–Kier alpha value is -2.02. The number of hydrogen-bond donors (Lipinski definition) is 11. The van der Waals surface area contributed by atoms with Crippen molar-refractivity contribution in [2.24, 2.45) is 44.8 Å². The van der Waals surface area contributed by atoms with Gasteiger partial charge < -0.3 is 89.4 Å². The second-order valence-corrected chi connectivity index (χ2v) is 21.9. The molecule has 19 heteroatoms. The maximum atomic E-state index is 14.8. The Labute approximate surface area is 384 Å². The highest BCUT2D eigenvalue weighted by Gasteiger charge is 2.70. The summed E-state index contributed by atoms with van der Waals surface area (Å²) in [5, 5.41) is 118. The second-order valence-electron chi connectivity index (χ2n) is 21.9. The molecule has 0 aromatic rings. The van der Waals surface area contributed by atoms with Gasteiger partial charge in [0.1, 0.15) is 73.4 Å². The van der Waals surface area contributed by atoms with Crippen LogP contribution in [0.1, 0.15) is 92.9 Å². The third-order valence-corrected chi connectivity index (χ3v) is 18.5. The van der Waals surface area contributed by atoms with Crippen molar-refractivity contribution >= 4 is 12.3 Å². The summed E-state index contributed by atoms with van der Waals surface area (Å²) in [6.07, 6.45) is -17.1. The number of fused-ring (bicyclic) bond motifs is 7. The van der Waals surface area contributed by atoms with E-state index in [1.54, 1.807) is 6.92 Å². The Morgan fingerprint density at radius 2 is 1.42 bits per heavy atom. The maximum Gasteiger partial charge on any atom is 0.315 e. The van der Waals surface area contributed by atoms with E-state index in [1.165, 1.54) is 6.92 Å². The van der Waals surface area contributed by atoms with Crippen LogP contribution in [0.15, 0.2) is 23.3 Å². The van der Waals surface area contributed by atoms with E-state index in [2.05, 4.69) is 26.8 Å². The largest absolute Gasteiger partial charge is 0.432 e. The van der Waals surface area contributed by atoms with Gasteiger partial charge >= 0.3 is 5.97 Å². The summed E-state index contributed by atoms with van der Waals surface area (Å²) in [4.78, 5) is 27.5. The summed E-state index contributed by atoms with van der Waals surface area (Å²) in [7, 11) is 0. The molecule has 6 fully saturated rings. The van der Waals surface area contributed by atoms with Crippen molar-refractivity contribution in [3.63, 3.8) is 0 Å². The Balaban J connectivity index is 0.973. The standard InChI is InChI=1S/C47H72O19/c1-20-9-12-47(14-13-45(5)22(23(47)15-20)7-8-28-43(3)16-24(50)38(59)44(4,19-49)27(43)10-11-46(28,45)6)42(60)66-41-35(57)32(54)30(52)26(64-41)18-61-39-36(58)33(55)37(25(17-48)63-39)65-40-34(56)31(53)29(51)21(2)62-40/h7,9,19,21,23-41,48,50-59H,8,10-18H2,1-6H3/t21-,23-,24+,25+,26+,27+,28+,29-,30+,31+,32-,33+,34+,35+,36+,37+,38-,39+,40-,41-,43-,44-,45+,46+,47-/m0/s1. The van der Waals surface area contributed by atoms with E-state index >= 15 is 0 Å². The molecular formula is C47H72O19. The number of aliphatic hydroxyl groups is 11. The highest BCUT2D eigenvalue weighted by molar-refractivity contribution is 5.79. The van der Waals surface area contributed by atoms with Crippen molar-refractivity contribution in [3.05, 3.63) is 23.3 Å². The first-order valence-corrected chi connectivity index (χ1v) is 23.6. The second kappa shape index (κ2) is 18.0. The van der Waals surface area contributed by atoms with Gasteiger partial charge in [-0.3, -0.25) is 4.79 Å². The number of esters is 1. The van der Waals surface area contributed by atoms with Crippen LogP contribution in [0.25, 0.3) is 0 Å². The Morgan fingerprint density at radius 3 is 2.11 bits per heavy atom. The monoisotopic (exact) mass is 940 g/mol. The average molecular weight is 941 g/mol. The molecule has 11 N–H and O–H groups in total. The minimum Gasteiger partial charge on any atom is -0.432 e. The van der Waals surface area contributed by atoms with Gasteiger partial charge in [-0.25, -0.2) is 0 Å². The van der Waals surface area contributed by atoms with Crippen LogP contribution in [0.2, 0.25) is 0 Å². The van der Waals surface area contributed by atoms with E-state index in [9.17, 15) is 65.8 Å². The fourth-order valence-corrected chi connectivity index (χ4v) is 14.3. The summed E-state index contributed by atoms with van der Waals surface area (Å²) >= 11 is 0. The molecule has 8 rings (SSSR count). The molecule has 3 aliphatic heterocycles. The van der Waals surface area contributed by atoms with Crippen LogP contribution in [0, 0.1) is 44.8 Å². The molecule has 0 aromatic carbocycles. The predicted molar refractivity (Wildman–Crippen MR) is 226 cm³/mol. The minimum absolute atomic E-state index is 0.0732. The molecular weight excluding hydrogens is 868 g/mol. The normalized spacial score (nSPS) is 54.9. The van der Waals surface area contributed by atoms with Gasteiger partial charge in [-0.1, -0.05) is 51.0 Å². The third kappa shape index (κ3) is 7.61. The molecule has 25 atom stereocenters. The number of carbonyl (C=O) groups excluding carboxylic acids is 2. The number of aliphatic hydroxyl groups excluding tert-OH is 11. The van der Waals surface area contributed by atoms with Gasteiger partial charge in [0.2, 0.25) is 6.29 Å². The molecule has 8 aliphatic rings. The zero-order valence-electron chi connectivity index (χ0n) is 38.5. The highest BCUT2D eigenvalue weighted by atomic mass is 16.8. The van der Waals surface area contributed by atoms with E-state index in [1.807, 2.05) is 13.0 Å². The molecule has 0 radical (unpaired) electrons. The quantitative estimate of drug-likeness (QED) is 0.0739. The molecule has 374 valence electrons. The van der Waals surface area contributed by atoms with E-state index < -0.39 is 140 Å². The lowest BCUT2D eigenvalue weighted by atomic mass is 9.33. The van der Waals surface area contributed by atoms with Crippen LogP contribution in [0.5, 0.6) is 0 Å². The Morgan fingerprint density at radius 1 is 0.773 bits per heavy atom. The highest BCUT2D eigenvalue weighted by Crippen LogP contribution is 2.75. The van der Waals surface area contributed by atoms with Gasteiger partial charge in [-0.05, 0) is 93.3 Å². The lowest BCUT2D eigenvalue weighted by Gasteiger charge is -2.70. The molecule has 66 heavy (non-hydrogen) atoms. The zero-order valence-corrected chi connectivity index (χ0v) is 38.5. The van der Waals surface area contributed by atoms with Crippen molar-refractivity contribution in [1.82, 2.24) is 0 Å². The summed E-state index contributed by atoms with van der Waals surface area (Å²) in [5.74, 6) is -0.992. The number of ether oxygens (including phenoxy) is 6. The van der Waals surface area contributed by atoms with Crippen LogP contribution in [0.4, 0.5) is 0 Å². The third-order valence-electron chi connectivity index (χ3n) is 18.5.